The Kier molecular flexibility index (Phi) is 4.41. The van der Waals surface area contributed by atoms with Crippen LogP contribution in [0.1, 0.15) is 34.3 Å². The Morgan fingerprint density at radius 2 is 1.92 bits per heavy atom. The molecule has 0 N–H and O–H groups in total. The summed E-state index contributed by atoms with van der Waals surface area (Å²) in [6.07, 6.45) is -1.49. The first kappa shape index (κ1) is 17.3. The number of carbonyl (C=O) groups excluding carboxylic acids is 1. The molecule has 1 aliphatic rings. The molecule has 0 atom stereocenters. The summed E-state index contributed by atoms with van der Waals surface area (Å²) in [5.74, 6) is -0.419. The lowest BCUT2D eigenvalue weighted by Gasteiger charge is -2.24. The van der Waals surface area contributed by atoms with Crippen molar-refractivity contribution in [2.45, 2.75) is 31.6 Å². The molecule has 4 nitrogen and oxygen atoms in total. The van der Waals surface area contributed by atoms with Crippen LogP contribution in [-0.2, 0) is 19.8 Å². The molecule has 1 aliphatic carbocycles. The van der Waals surface area contributed by atoms with Crippen molar-refractivity contribution >= 4 is 5.91 Å². The van der Waals surface area contributed by atoms with Crippen LogP contribution < -0.4 is 5.56 Å². The minimum Gasteiger partial charge on any atom is -0.331 e. The van der Waals surface area contributed by atoms with Gasteiger partial charge in [-0.3, -0.25) is 9.59 Å². The summed E-state index contributed by atoms with van der Waals surface area (Å²) in [6, 6.07) is 7.90. The quantitative estimate of drug-likeness (QED) is 0.850. The number of carbonyl (C=O) groups is 1. The zero-order valence-electron chi connectivity index (χ0n) is 13.6. The van der Waals surface area contributed by atoms with Crippen molar-refractivity contribution in [2.24, 2.45) is 7.05 Å². The predicted molar refractivity (Wildman–Crippen MR) is 86.0 cm³/mol. The standard InChI is InChI=1S/C18H17F3N2O2/c1-22-9-8-12(10-16(22)24)17(25)23(14-6-7-14)11-13-4-2-3-5-15(13)18(19,20)21/h2-5,8-10,14H,6-7,11H2,1H3. The van der Waals surface area contributed by atoms with Crippen molar-refractivity contribution in [2.75, 3.05) is 0 Å². The second-order valence-electron chi connectivity index (χ2n) is 6.18. The van der Waals surface area contributed by atoms with E-state index in [1.807, 2.05) is 0 Å². The monoisotopic (exact) mass is 350 g/mol. The van der Waals surface area contributed by atoms with Crippen LogP contribution in [0.3, 0.4) is 0 Å². The third-order valence-corrected chi connectivity index (χ3v) is 4.26. The molecule has 1 saturated carbocycles. The van der Waals surface area contributed by atoms with E-state index >= 15 is 0 Å². The van der Waals surface area contributed by atoms with Gasteiger partial charge in [0.2, 0.25) is 0 Å². The number of hydrogen-bond donors (Lipinski definition) is 0. The molecule has 0 bridgehead atoms. The van der Waals surface area contributed by atoms with E-state index < -0.39 is 17.6 Å². The summed E-state index contributed by atoms with van der Waals surface area (Å²) in [5.41, 5.74) is -0.826. The van der Waals surface area contributed by atoms with Crippen LogP contribution in [0.4, 0.5) is 13.2 Å². The van der Waals surface area contributed by atoms with Gasteiger partial charge in [-0.05, 0) is 30.5 Å². The average molecular weight is 350 g/mol. The topological polar surface area (TPSA) is 42.3 Å². The normalized spacial score (nSPS) is 14.4. The maximum Gasteiger partial charge on any atom is 0.416 e. The first-order valence-corrected chi connectivity index (χ1v) is 7.90. The lowest BCUT2D eigenvalue weighted by Crippen LogP contribution is -2.34. The van der Waals surface area contributed by atoms with Crippen molar-refractivity contribution in [3.05, 3.63) is 69.6 Å². The molecule has 25 heavy (non-hydrogen) atoms. The van der Waals surface area contributed by atoms with Crippen LogP contribution in [0.25, 0.3) is 0 Å². The van der Waals surface area contributed by atoms with Crippen LogP contribution in [-0.4, -0.2) is 21.4 Å². The Labute approximate surface area is 142 Å². The maximum absolute atomic E-state index is 13.2. The first-order valence-electron chi connectivity index (χ1n) is 7.90. The third-order valence-electron chi connectivity index (χ3n) is 4.26. The molecule has 1 amide bonds. The summed E-state index contributed by atoms with van der Waals surface area (Å²) in [7, 11) is 1.56. The first-order chi connectivity index (χ1) is 11.8. The minimum atomic E-state index is -4.47. The molecule has 7 heteroatoms. The van der Waals surface area contributed by atoms with Gasteiger partial charge in [0.1, 0.15) is 0 Å². The van der Waals surface area contributed by atoms with Crippen molar-refractivity contribution in [3.63, 3.8) is 0 Å². The molecular weight excluding hydrogens is 333 g/mol. The molecule has 0 saturated heterocycles. The number of amides is 1. The molecule has 0 unspecified atom stereocenters. The molecule has 3 rings (SSSR count). The molecular formula is C18H17F3N2O2. The highest BCUT2D eigenvalue weighted by Crippen LogP contribution is 2.35. The van der Waals surface area contributed by atoms with E-state index in [2.05, 4.69) is 0 Å². The smallest absolute Gasteiger partial charge is 0.331 e. The number of alkyl halides is 3. The third kappa shape index (κ3) is 3.75. The molecule has 0 radical (unpaired) electrons. The molecule has 2 aromatic rings. The summed E-state index contributed by atoms with van der Waals surface area (Å²) in [4.78, 5) is 25.9. The minimum absolute atomic E-state index is 0.0547. The number of benzene rings is 1. The SMILES string of the molecule is Cn1ccc(C(=O)N(Cc2ccccc2C(F)(F)F)C2CC2)cc1=O. The molecule has 1 aromatic heterocycles. The fraction of sp³-hybridized carbons (Fsp3) is 0.333. The second kappa shape index (κ2) is 6.38. The Balaban J connectivity index is 1.92. The van der Waals surface area contributed by atoms with E-state index in [4.69, 9.17) is 0 Å². The van der Waals surface area contributed by atoms with Gasteiger partial charge in [-0.25, -0.2) is 0 Å². The van der Waals surface area contributed by atoms with Crippen LogP contribution in [0.5, 0.6) is 0 Å². The van der Waals surface area contributed by atoms with Gasteiger partial charge < -0.3 is 9.47 Å². The summed E-state index contributed by atoms with van der Waals surface area (Å²) >= 11 is 0. The molecule has 0 aliphatic heterocycles. The number of hydrogen-bond acceptors (Lipinski definition) is 2. The molecule has 1 fully saturated rings. The Hall–Kier alpha value is -2.57. The molecule has 132 valence electrons. The van der Waals surface area contributed by atoms with E-state index in [1.54, 1.807) is 7.05 Å². The number of aryl methyl sites for hydroxylation is 1. The Morgan fingerprint density at radius 3 is 2.52 bits per heavy atom. The van der Waals surface area contributed by atoms with Gasteiger partial charge in [0.25, 0.3) is 11.5 Å². The second-order valence-corrected chi connectivity index (χ2v) is 6.18. The Bertz CT molecular complexity index is 854. The number of aromatic nitrogens is 1. The van der Waals surface area contributed by atoms with Crippen LogP contribution >= 0.6 is 0 Å². The van der Waals surface area contributed by atoms with Crippen molar-refractivity contribution < 1.29 is 18.0 Å². The fourth-order valence-corrected chi connectivity index (χ4v) is 2.72. The van der Waals surface area contributed by atoms with Crippen molar-refractivity contribution in [1.29, 1.82) is 0 Å². The zero-order chi connectivity index (χ0) is 18.2. The van der Waals surface area contributed by atoms with Gasteiger partial charge in [0, 0.05) is 37.5 Å². The van der Waals surface area contributed by atoms with E-state index in [-0.39, 0.29) is 29.3 Å². The van der Waals surface area contributed by atoms with Crippen LogP contribution in [0.2, 0.25) is 0 Å². The maximum atomic E-state index is 13.2. The van der Waals surface area contributed by atoms with Crippen molar-refractivity contribution in [3.8, 4) is 0 Å². The predicted octanol–water partition coefficient (Wildman–Crippen LogP) is 3.21. The fourth-order valence-electron chi connectivity index (χ4n) is 2.72. The summed E-state index contributed by atoms with van der Waals surface area (Å²) in [6.45, 7) is -0.131. The molecule has 0 spiro atoms. The van der Waals surface area contributed by atoms with Gasteiger partial charge in [0.15, 0.2) is 0 Å². The van der Waals surface area contributed by atoms with Gasteiger partial charge in [-0.15, -0.1) is 0 Å². The average Bonchev–Trinajstić information content (AvgIpc) is 3.39. The van der Waals surface area contributed by atoms with Crippen LogP contribution in [0.15, 0.2) is 47.4 Å². The summed E-state index contributed by atoms with van der Waals surface area (Å²) < 4.78 is 40.9. The summed E-state index contributed by atoms with van der Waals surface area (Å²) in [5, 5.41) is 0. The van der Waals surface area contributed by atoms with Gasteiger partial charge >= 0.3 is 6.18 Å². The number of pyridine rings is 1. The van der Waals surface area contributed by atoms with E-state index in [9.17, 15) is 22.8 Å². The largest absolute Gasteiger partial charge is 0.416 e. The van der Waals surface area contributed by atoms with Crippen LogP contribution in [0, 0.1) is 0 Å². The molecule has 1 aromatic carbocycles. The van der Waals surface area contributed by atoms with Gasteiger partial charge in [0.05, 0.1) is 5.56 Å². The van der Waals surface area contributed by atoms with Gasteiger partial charge in [-0.2, -0.15) is 13.2 Å². The van der Waals surface area contributed by atoms with Gasteiger partial charge in [-0.1, -0.05) is 18.2 Å². The van der Waals surface area contributed by atoms with Crippen molar-refractivity contribution in [1.82, 2.24) is 9.47 Å². The molecule has 1 heterocycles. The zero-order valence-corrected chi connectivity index (χ0v) is 13.6. The lowest BCUT2D eigenvalue weighted by molar-refractivity contribution is -0.138. The lowest BCUT2D eigenvalue weighted by atomic mass is 10.1. The van der Waals surface area contributed by atoms with E-state index in [1.165, 1.54) is 46.0 Å². The van der Waals surface area contributed by atoms with E-state index in [0.717, 1.165) is 18.9 Å². The highest BCUT2D eigenvalue weighted by molar-refractivity contribution is 5.94. The Morgan fingerprint density at radius 1 is 1.24 bits per heavy atom. The highest BCUT2D eigenvalue weighted by atomic mass is 19.4. The number of halogens is 3. The van der Waals surface area contributed by atoms with E-state index in [0.29, 0.717) is 0 Å². The number of nitrogens with zero attached hydrogens (tertiary/aromatic N) is 2. The number of rotatable bonds is 4. The highest BCUT2D eigenvalue weighted by Gasteiger charge is 2.37.